The van der Waals surface area contributed by atoms with Crippen LogP contribution >= 0.6 is 0 Å². The molecule has 10 rings (SSSR count). The van der Waals surface area contributed by atoms with Gasteiger partial charge < -0.3 is 29.6 Å². The van der Waals surface area contributed by atoms with Crippen molar-refractivity contribution >= 4 is 35.1 Å². The van der Waals surface area contributed by atoms with Gasteiger partial charge in [0.2, 0.25) is 11.8 Å². The van der Waals surface area contributed by atoms with Gasteiger partial charge in [0, 0.05) is 58.3 Å². The van der Waals surface area contributed by atoms with Gasteiger partial charge in [-0.1, -0.05) is 190 Å². The number of esters is 2. The molecule has 0 atom stereocenters. The van der Waals surface area contributed by atoms with Crippen LogP contribution in [0, 0.1) is 10.8 Å². The number of fused-ring (bicyclic) bond motifs is 4. The Balaban J connectivity index is 0.707. The van der Waals surface area contributed by atoms with E-state index in [0.29, 0.717) is 26.1 Å². The van der Waals surface area contributed by atoms with E-state index in [4.69, 9.17) is 18.9 Å². The summed E-state index contributed by atoms with van der Waals surface area (Å²) < 4.78 is 24.3. The molecule has 2 N–H and O–H groups in total. The van der Waals surface area contributed by atoms with Crippen LogP contribution in [0.4, 0.5) is 11.4 Å². The Morgan fingerprint density at radius 3 is 1.09 bits per heavy atom. The van der Waals surface area contributed by atoms with Crippen LogP contribution in [0.1, 0.15) is 226 Å². The smallest absolute Gasteiger partial charge is 0.306 e. The second-order valence-corrected chi connectivity index (χ2v) is 27.5. The minimum Gasteiger partial charge on any atom is -0.466 e. The van der Waals surface area contributed by atoms with E-state index in [1.807, 2.05) is 72.8 Å². The zero-order valence-electron chi connectivity index (χ0n) is 52.1. The number of amides is 2. The fourth-order valence-electron chi connectivity index (χ4n) is 14.4. The summed E-state index contributed by atoms with van der Waals surface area (Å²) >= 11 is 0. The van der Waals surface area contributed by atoms with Gasteiger partial charge in [0.25, 0.3) is 0 Å². The van der Waals surface area contributed by atoms with Crippen molar-refractivity contribution in [1.82, 2.24) is 0 Å². The molecule has 6 aromatic carbocycles. The van der Waals surface area contributed by atoms with E-state index in [9.17, 15) is 19.2 Å². The van der Waals surface area contributed by atoms with Crippen molar-refractivity contribution in [2.75, 3.05) is 23.8 Å². The van der Waals surface area contributed by atoms with Crippen molar-refractivity contribution in [2.45, 2.75) is 205 Å². The number of carbonyl (C=O) groups is 4. The number of nitrogens with one attached hydrogen (secondary N) is 2. The minimum absolute atomic E-state index is 0.00175. The maximum Gasteiger partial charge on any atom is 0.306 e. The van der Waals surface area contributed by atoms with E-state index >= 15 is 0 Å². The van der Waals surface area contributed by atoms with E-state index in [1.54, 1.807) is 0 Å². The lowest BCUT2D eigenvalue weighted by Gasteiger charge is -2.33. The average molecular weight is 1160 g/mol. The third-order valence-corrected chi connectivity index (χ3v) is 19.3. The molecule has 2 heterocycles. The summed E-state index contributed by atoms with van der Waals surface area (Å²) in [5.41, 5.74) is 10.0. The van der Waals surface area contributed by atoms with Gasteiger partial charge in [-0.2, -0.15) is 0 Å². The lowest BCUT2D eigenvalue weighted by molar-refractivity contribution is -0.151. The predicted molar refractivity (Wildman–Crippen MR) is 344 cm³/mol. The van der Waals surface area contributed by atoms with Gasteiger partial charge in [-0.25, -0.2) is 0 Å². The lowest BCUT2D eigenvalue weighted by atomic mass is 9.73. The summed E-state index contributed by atoms with van der Waals surface area (Å²) in [5, 5.41) is 6.74. The van der Waals surface area contributed by atoms with Crippen LogP contribution in [0.2, 0.25) is 0 Å². The number of hydrogen-bond acceptors (Lipinski definition) is 8. The first-order chi connectivity index (χ1) is 41.4. The van der Waals surface area contributed by atoms with E-state index in [2.05, 4.69) is 113 Å². The Morgan fingerprint density at radius 1 is 0.442 bits per heavy atom. The van der Waals surface area contributed by atoms with Gasteiger partial charge in [0.1, 0.15) is 23.0 Å². The Labute approximate surface area is 511 Å². The molecule has 2 fully saturated rings. The Kier molecular flexibility index (Phi) is 19.9. The summed E-state index contributed by atoms with van der Waals surface area (Å²) in [6, 6.07) is 45.2. The maximum absolute atomic E-state index is 14.1. The number of aryl methyl sites for hydroxylation is 2. The van der Waals surface area contributed by atoms with Crippen LogP contribution < -0.4 is 20.1 Å². The van der Waals surface area contributed by atoms with Crippen LogP contribution in [0.15, 0.2) is 133 Å². The zero-order valence-corrected chi connectivity index (χ0v) is 52.1. The van der Waals surface area contributed by atoms with Gasteiger partial charge >= 0.3 is 11.9 Å². The molecule has 10 nitrogen and oxygen atoms in total. The van der Waals surface area contributed by atoms with E-state index in [0.717, 1.165) is 158 Å². The molecule has 10 heteroatoms. The fourth-order valence-corrected chi connectivity index (χ4v) is 14.4. The van der Waals surface area contributed by atoms with Crippen LogP contribution in [-0.2, 0) is 52.3 Å². The van der Waals surface area contributed by atoms with E-state index in [-0.39, 0.29) is 70.1 Å². The Bertz CT molecular complexity index is 3020. The zero-order chi connectivity index (χ0) is 60.3. The first-order valence-electron chi connectivity index (χ1n) is 32.3. The molecule has 0 radical (unpaired) electrons. The highest BCUT2D eigenvalue weighted by Gasteiger charge is 2.35. The summed E-state index contributed by atoms with van der Waals surface area (Å²) in [6.45, 7) is 13.8. The standard InChI is InChI=1S/C76H92N2O8/c1-73(2,3)61-33-31-53(49-63(61)77-69(79)51-59-55-23-11-15-27-65(55)85-66-28-16-12-24-56(59)66)37-43-75(39-19-7-8-20-40-75)45-47-83-71(81)35-36-72(82)84-48-46-76(41-21-9-10-22-42-76)44-38-54-32-34-62(74(4,5)6)64(50-54)78-70(80)52-60-57-25-13-17-29-67(57)86-68-30-18-14-26-58(60)68/h11-18,23-34,49-50,59-60H,7-10,19-22,35-48,51-52H2,1-6H3,(H,77,79)(H,78,80). The summed E-state index contributed by atoms with van der Waals surface area (Å²) in [5.74, 6) is 2.14. The highest BCUT2D eigenvalue weighted by atomic mass is 16.5. The fraction of sp³-hybridized carbons (Fsp3) is 0.474. The summed E-state index contributed by atoms with van der Waals surface area (Å²) in [4.78, 5) is 54.9. The molecule has 0 saturated heterocycles. The van der Waals surface area contributed by atoms with E-state index in [1.165, 1.54) is 36.8 Å². The number of anilines is 2. The molecule has 86 heavy (non-hydrogen) atoms. The summed E-state index contributed by atoms with van der Waals surface area (Å²) in [6.07, 6.45) is 19.6. The SMILES string of the molecule is CC(C)(C)c1ccc(CCC2(CCOC(=O)CCC(=O)OCCC3(CCc4ccc(C(C)(C)C)c(NC(=O)CC5c6ccccc6Oc6ccccc65)c4)CCCCCC3)CCCCCC2)cc1NC(=O)CC1c2ccccc2Oc2ccccc21. The normalized spacial score (nSPS) is 16.5. The highest BCUT2D eigenvalue weighted by molar-refractivity contribution is 5.94. The van der Waals surface area contributed by atoms with Gasteiger partial charge in [-0.05, 0) is 145 Å². The van der Waals surface area contributed by atoms with Crippen molar-refractivity contribution < 1.29 is 38.1 Å². The molecule has 4 aliphatic rings. The molecule has 0 bridgehead atoms. The molecule has 2 aliphatic heterocycles. The van der Waals surface area contributed by atoms with Crippen LogP contribution in [0.5, 0.6) is 23.0 Å². The van der Waals surface area contributed by atoms with Crippen LogP contribution in [0.25, 0.3) is 0 Å². The quantitative estimate of drug-likeness (QED) is 0.0538. The maximum atomic E-state index is 14.1. The highest BCUT2D eigenvalue weighted by Crippen LogP contribution is 2.49. The number of carbonyl (C=O) groups excluding carboxylic acids is 4. The number of rotatable bonds is 21. The Morgan fingerprint density at radius 2 is 0.767 bits per heavy atom. The molecule has 2 amide bonds. The van der Waals surface area contributed by atoms with Gasteiger partial charge in [0.05, 0.1) is 26.1 Å². The molecule has 0 spiro atoms. The molecule has 6 aromatic rings. The molecule has 454 valence electrons. The topological polar surface area (TPSA) is 129 Å². The van der Waals surface area contributed by atoms with Crippen molar-refractivity contribution in [3.8, 4) is 23.0 Å². The average Bonchev–Trinajstić information content (AvgIpc) is 3.16. The van der Waals surface area contributed by atoms with Crippen molar-refractivity contribution in [2.24, 2.45) is 10.8 Å². The monoisotopic (exact) mass is 1160 g/mol. The second kappa shape index (κ2) is 27.7. The number of hydrogen-bond donors (Lipinski definition) is 2. The second-order valence-electron chi connectivity index (χ2n) is 27.5. The molecule has 2 saturated carbocycles. The number of para-hydroxylation sites is 4. The largest absolute Gasteiger partial charge is 0.466 e. The van der Waals surface area contributed by atoms with Gasteiger partial charge in [-0.15, -0.1) is 0 Å². The van der Waals surface area contributed by atoms with Crippen molar-refractivity contribution in [3.63, 3.8) is 0 Å². The molecular weight excluding hydrogens is 1070 g/mol. The minimum atomic E-state index is -0.357. The molecule has 0 aromatic heterocycles. The first-order valence-corrected chi connectivity index (χ1v) is 32.3. The number of ether oxygens (including phenoxy) is 4. The summed E-state index contributed by atoms with van der Waals surface area (Å²) in [7, 11) is 0. The van der Waals surface area contributed by atoms with Crippen LogP contribution in [-0.4, -0.2) is 37.0 Å². The van der Waals surface area contributed by atoms with Gasteiger partial charge in [-0.3, -0.25) is 19.2 Å². The number of benzene rings is 6. The molecule has 2 aliphatic carbocycles. The van der Waals surface area contributed by atoms with Crippen molar-refractivity contribution in [1.29, 1.82) is 0 Å². The third-order valence-electron chi connectivity index (χ3n) is 19.3. The third kappa shape index (κ3) is 15.7. The first kappa shape index (κ1) is 61.9. The Hall–Kier alpha value is -7.20. The molecule has 0 unspecified atom stereocenters. The lowest BCUT2D eigenvalue weighted by Crippen LogP contribution is -2.25. The molecular formula is C76H92N2O8. The van der Waals surface area contributed by atoms with Gasteiger partial charge in [0.15, 0.2) is 0 Å². The van der Waals surface area contributed by atoms with Crippen LogP contribution in [0.3, 0.4) is 0 Å². The van der Waals surface area contributed by atoms with Crippen molar-refractivity contribution in [3.05, 3.63) is 178 Å². The predicted octanol–water partition coefficient (Wildman–Crippen LogP) is 18.7. The van der Waals surface area contributed by atoms with E-state index < -0.39 is 0 Å².